The maximum absolute atomic E-state index is 9.22. The van der Waals surface area contributed by atoms with Gasteiger partial charge in [-0.3, -0.25) is 5.11 Å². The summed E-state index contributed by atoms with van der Waals surface area (Å²) in [5, 5.41) is 9.22. The van der Waals surface area contributed by atoms with E-state index in [9.17, 15) is 5.11 Å². The lowest BCUT2D eigenvalue weighted by Crippen LogP contribution is -1.58. The van der Waals surface area contributed by atoms with Gasteiger partial charge in [-0.2, -0.15) is 0 Å². The molecular formula is C3H5O2. The molecule has 0 heterocycles. The highest BCUT2D eigenvalue weighted by atomic mass is 16.5. The monoisotopic (exact) mass is 73.0 g/mol. The Morgan fingerprint density at radius 1 is 1.80 bits per heavy atom. The molecular weight excluding hydrogens is 68.0 g/mol. The molecule has 2 heteroatoms. The largest absolute Gasteiger partial charge is 0.501 e. The number of hydrogen-bond acceptors (Lipinski definition) is 1. The predicted octanol–water partition coefficient (Wildman–Crippen LogP) is 0.534. The fraction of sp³-hybridized carbons (Fsp3) is 0.333. The van der Waals surface area contributed by atoms with Crippen molar-refractivity contribution in [2.24, 2.45) is 0 Å². The maximum Gasteiger partial charge on any atom is 0.177 e. The van der Waals surface area contributed by atoms with Gasteiger partial charge in [-0.05, 0) is 0 Å². The van der Waals surface area contributed by atoms with Crippen LogP contribution in [0.5, 0.6) is 0 Å². The summed E-state index contributed by atoms with van der Waals surface area (Å²) in [5.41, 5.74) is 0. The Bertz CT molecular complexity index is 31.9. The first-order chi connectivity index (χ1) is 2.41. The van der Waals surface area contributed by atoms with E-state index in [2.05, 4.69) is 4.74 Å². The summed E-state index contributed by atoms with van der Waals surface area (Å²) in [5.74, 6) is 0. The van der Waals surface area contributed by atoms with Gasteiger partial charge < -0.3 is 4.74 Å². The maximum atomic E-state index is 9.22. The molecule has 5 heavy (non-hydrogen) atoms. The second kappa shape index (κ2) is 3.34. The lowest BCUT2D eigenvalue weighted by atomic mass is 11.1. The molecule has 0 aromatic carbocycles. The highest BCUT2D eigenvalue weighted by molar-refractivity contribution is 4.53. The molecule has 0 amide bonds. The third kappa shape index (κ3) is 3.34. The minimum Gasteiger partial charge on any atom is -0.501 e. The number of hydrogen-bond donors (Lipinski definition) is 0. The summed E-state index contributed by atoms with van der Waals surface area (Å²) >= 11 is 0. The quantitative estimate of drug-likeness (QED) is 0.416. The van der Waals surface area contributed by atoms with Gasteiger partial charge >= 0.3 is 0 Å². The van der Waals surface area contributed by atoms with Crippen LogP contribution >= 0.6 is 0 Å². The summed E-state index contributed by atoms with van der Waals surface area (Å²) in [6.07, 6.45) is 1.65. The van der Waals surface area contributed by atoms with E-state index in [1.165, 1.54) is 7.11 Å². The van der Waals surface area contributed by atoms with Crippen molar-refractivity contribution in [3.05, 3.63) is 12.5 Å². The molecule has 0 bridgehead atoms. The third-order valence-corrected chi connectivity index (χ3v) is 0.192. The molecule has 0 fully saturated rings. The second-order valence-corrected chi connectivity index (χ2v) is 0.508. The van der Waals surface area contributed by atoms with Crippen LogP contribution in [-0.2, 0) is 9.84 Å². The van der Waals surface area contributed by atoms with E-state index in [1.54, 1.807) is 0 Å². The Labute approximate surface area is 30.7 Å². The van der Waals surface area contributed by atoms with Gasteiger partial charge in [0, 0.05) is 0 Å². The van der Waals surface area contributed by atoms with E-state index >= 15 is 0 Å². The van der Waals surface area contributed by atoms with Crippen LogP contribution in [0.1, 0.15) is 0 Å². The SMILES string of the molecule is COC=C[O]. The van der Waals surface area contributed by atoms with E-state index in [0.29, 0.717) is 6.26 Å². The minimum atomic E-state index is 0.583. The molecule has 0 N–H and O–H groups in total. The molecule has 0 unspecified atom stereocenters. The zero-order valence-corrected chi connectivity index (χ0v) is 2.97. The number of rotatable bonds is 1. The summed E-state index contributed by atoms with van der Waals surface area (Å²) in [7, 11) is 1.42. The Morgan fingerprint density at radius 2 is 2.40 bits per heavy atom. The topological polar surface area (TPSA) is 29.1 Å². The van der Waals surface area contributed by atoms with Crippen molar-refractivity contribution in [2.45, 2.75) is 0 Å². The van der Waals surface area contributed by atoms with Gasteiger partial charge in [-0.1, -0.05) is 0 Å². The van der Waals surface area contributed by atoms with Crippen LogP contribution in [0.15, 0.2) is 12.5 Å². The van der Waals surface area contributed by atoms with Crippen molar-refractivity contribution in [1.82, 2.24) is 0 Å². The van der Waals surface area contributed by atoms with Gasteiger partial charge in [0.1, 0.15) is 6.26 Å². The Morgan fingerprint density at radius 3 is 2.40 bits per heavy atom. The average Bonchev–Trinajstić information content (AvgIpc) is 1.41. The van der Waals surface area contributed by atoms with Crippen LogP contribution in [0.4, 0.5) is 0 Å². The highest BCUT2D eigenvalue weighted by Gasteiger charge is 1.52. The summed E-state index contributed by atoms with van der Waals surface area (Å²) < 4.78 is 4.20. The van der Waals surface area contributed by atoms with Crippen LogP contribution < -0.4 is 0 Å². The first-order valence-electron chi connectivity index (χ1n) is 1.21. The van der Waals surface area contributed by atoms with E-state index in [-0.39, 0.29) is 0 Å². The summed E-state index contributed by atoms with van der Waals surface area (Å²) in [6.45, 7) is 0. The molecule has 2 nitrogen and oxygen atoms in total. The number of ether oxygens (including phenoxy) is 1. The van der Waals surface area contributed by atoms with Crippen molar-refractivity contribution < 1.29 is 9.84 Å². The van der Waals surface area contributed by atoms with Gasteiger partial charge in [-0.15, -0.1) is 0 Å². The Kier molecular flexibility index (Phi) is 2.90. The van der Waals surface area contributed by atoms with Gasteiger partial charge in [0.05, 0.1) is 7.11 Å². The van der Waals surface area contributed by atoms with Gasteiger partial charge in [-0.25, -0.2) is 0 Å². The molecule has 0 rings (SSSR count). The van der Waals surface area contributed by atoms with Crippen molar-refractivity contribution >= 4 is 0 Å². The minimum absolute atomic E-state index is 0.583. The van der Waals surface area contributed by atoms with E-state index in [1.807, 2.05) is 0 Å². The fourth-order valence-electron chi connectivity index (χ4n) is 0.0556. The van der Waals surface area contributed by atoms with Gasteiger partial charge in [0.15, 0.2) is 6.26 Å². The molecule has 0 aliphatic rings. The first-order valence-corrected chi connectivity index (χ1v) is 1.21. The van der Waals surface area contributed by atoms with Crippen molar-refractivity contribution in [3.63, 3.8) is 0 Å². The molecule has 1 radical (unpaired) electrons. The lowest BCUT2D eigenvalue weighted by molar-refractivity contribution is 0.286. The standard InChI is InChI=1S/C3H5O2/c1-5-3-2-4/h2-3H,1H3. The normalized spacial score (nSPS) is 9.00. The first kappa shape index (κ1) is 4.34. The van der Waals surface area contributed by atoms with E-state index < -0.39 is 0 Å². The average molecular weight is 73.1 g/mol. The molecule has 29 valence electrons. The van der Waals surface area contributed by atoms with Crippen molar-refractivity contribution in [2.75, 3.05) is 7.11 Å². The third-order valence-electron chi connectivity index (χ3n) is 0.192. The molecule has 0 aliphatic carbocycles. The second-order valence-electron chi connectivity index (χ2n) is 0.508. The van der Waals surface area contributed by atoms with Crippen LogP contribution in [0.25, 0.3) is 0 Å². The van der Waals surface area contributed by atoms with E-state index in [4.69, 9.17) is 0 Å². The molecule has 0 atom stereocenters. The zero-order chi connectivity index (χ0) is 4.12. The van der Waals surface area contributed by atoms with Crippen LogP contribution in [0, 0.1) is 0 Å². The number of methoxy groups -OCH3 is 1. The van der Waals surface area contributed by atoms with E-state index in [0.717, 1.165) is 6.26 Å². The summed E-state index contributed by atoms with van der Waals surface area (Å²) in [6, 6.07) is 0. The Balaban J connectivity index is 2.62. The lowest BCUT2D eigenvalue weighted by Gasteiger charge is -1.74. The molecule has 0 aliphatic heterocycles. The predicted molar refractivity (Wildman–Crippen MR) is 16.8 cm³/mol. The van der Waals surface area contributed by atoms with Crippen LogP contribution in [0.3, 0.4) is 0 Å². The molecule has 0 aromatic rings. The fourth-order valence-corrected chi connectivity index (χ4v) is 0.0556. The molecule has 0 saturated carbocycles. The highest BCUT2D eigenvalue weighted by Crippen LogP contribution is 1.61. The molecule has 0 aromatic heterocycles. The van der Waals surface area contributed by atoms with Crippen LogP contribution in [-0.4, -0.2) is 7.11 Å². The van der Waals surface area contributed by atoms with Gasteiger partial charge in [0.25, 0.3) is 0 Å². The van der Waals surface area contributed by atoms with Crippen molar-refractivity contribution in [3.8, 4) is 0 Å². The van der Waals surface area contributed by atoms with Gasteiger partial charge in [0.2, 0.25) is 0 Å². The van der Waals surface area contributed by atoms with Crippen molar-refractivity contribution in [1.29, 1.82) is 0 Å². The Hall–Kier alpha value is -0.660. The molecule has 0 spiro atoms. The summed E-state index contributed by atoms with van der Waals surface area (Å²) in [4.78, 5) is 0. The zero-order valence-electron chi connectivity index (χ0n) is 2.97. The molecule has 0 saturated heterocycles. The smallest absolute Gasteiger partial charge is 0.177 e. The van der Waals surface area contributed by atoms with Crippen LogP contribution in [0.2, 0.25) is 0 Å².